The Morgan fingerprint density at radius 3 is 2.54 bits per heavy atom. The number of carbonyl (C=O) groups excluding carboxylic acids is 2. The molecule has 2 aromatic rings. The molecule has 0 aliphatic rings. The Bertz CT molecular complexity index is 822. The number of benzene rings is 2. The van der Waals surface area contributed by atoms with Crippen molar-refractivity contribution in [1.82, 2.24) is 5.43 Å². The molecule has 7 nitrogen and oxygen atoms in total. The molecule has 2 aromatic carbocycles. The quantitative estimate of drug-likeness (QED) is 0.380. The molecule has 0 fully saturated rings. The van der Waals surface area contributed by atoms with E-state index in [4.69, 9.17) is 4.74 Å². The van der Waals surface area contributed by atoms with Crippen molar-refractivity contribution in [2.24, 2.45) is 11.0 Å². The number of hydrazone groups is 1. The summed E-state index contributed by atoms with van der Waals surface area (Å²) >= 11 is 3.28. The Balaban J connectivity index is 1.92. The van der Waals surface area contributed by atoms with Gasteiger partial charge in [0.1, 0.15) is 17.4 Å². The number of phenolic OH excluding ortho intramolecular Hbond substituents is 1. The molecule has 0 bridgehead atoms. The Hall–Kier alpha value is -2.87. The van der Waals surface area contributed by atoms with Crippen LogP contribution in [0.5, 0.6) is 11.5 Å². The molecule has 0 aliphatic carbocycles. The maximum absolute atomic E-state index is 12.1. The number of hydrogen-bond acceptors (Lipinski definition) is 5. The van der Waals surface area contributed by atoms with Crippen molar-refractivity contribution in [3.63, 3.8) is 0 Å². The van der Waals surface area contributed by atoms with Crippen molar-refractivity contribution in [3.8, 4) is 11.5 Å². The van der Waals surface area contributed by atoms with Crippen LogP contribution in [0.15, 0.2) is 52.0 Å². The number of hydrogen-bond donors (Lipinski definition) is 3. The number of methoxy groups -OCH3 is 1. The monoisotopic (exact) mass is 419 g/mol. The minimum Gasteiger partial charge on any atom is -0.507 e. The lowest BCUT2D eigenvalue weighted by molar-refractivity contribution is -0.131. The third-order valence-electron chi connectivity index (χ3n) is 3.51. The molecule has 2 rings (SSSR count). The van der Waals surface area contributed by atoms with Crippen molar-refractivity contribution < 1.29 is 19.4 Å². The van der Waals surface area contributed by atoms with Gasteiger partial charge in [0.2, 0.25) is 5.91 Å². The predicted molar refractivity (Wildman–Crippen MR) is 102 cm³/mol. The van der Waals surface area contributed by atoms with Gasteiger partial charge in [0.15, 0.2) is 0 Å². The van der Waals surface area contributed by atoms with Gasteiger partial charge in [-0.05, 0) is 49.4 Å². The van der Waals surface area contributed by atoms with Gasteiger partial charge in [0, 0.05) is 15.7 Å². The number of aromatic hydroxyl groups is 1. The Morgan fingerprint density at radius 2 is 1.88 bits per heavy atom. The fourth-order valence-corrected chi connectivity index (χ4v) is 2.31. The van der Waals surface area contributed by atoms with E-state index in [1.54, 1.807) is 43.5 Å². The largest absolute Gasteiger partial charge is 0.507 e. The lowest BCUT2D eigenvalue weighted by atomic mass is 10.1. The van der Waals surface area contributed by atoms with Crippen molar-refractivity contribution in [1.29, 1.82) is 0 Å². The number of nitrogens with zero attached hydrogens (tertiary/aromatic N) is 1. The lowest BCUT2D eigenvalue weighted by Crippen LogP contribution is -2.34. The molecule has 0 saturated heterocycles. The molecule has 26 heavy (non-hydrogen) atoms. The van der Waals surface area contributed by atoms with E-state index in [0.717, 1.165) is 4.47 Å². The number of amides is 2. The minimum atomic E-state index is -0.953. The van der Waals surface area contributed by atoms with Crippen LogP contribution in [0.1, 0.15) is 12.5 Å². The summed E-state index contributed by atoms with van der Waals surface area (Å²) in [5.41, 5.74) is 3.27. The highest BCUT2D eigenvalue weighted by Gasteiger charge is 2.21. The summed E-state index contributed by atoms with van der Waals surface area (Å²) < 4.78 is 5.80. The van der Waals surface area contributed by atoms with Gasteiger partial charge in [-0.25, -0.2) is 5.43 Å². The van der Waals surface area contributed by atoms with Crippen LogP contribution >= 0.6 is 15.9 Å². The first-order valence-electron chi connectivity index (χ1n) is 7.67. The van der Waals surface area contributed by atoms with Gasteiger partial charge < -0.3 is 15.2 Å². The Kier molecular flexibility index (Phi) is 6.74. The third-order valence-corrected chi connectivity index (χ3v) is 4.01. The van der Waals surface area contributed by atoms with Gasteiger partial charge in [-0.3, -0.25) is 9.59 Å². The number of ether oxygens (including phenoxy) is 1. The maximum Gasteiger partial charge on any atom is 0.252 e. The SMILES string of the molecule is COc1ccc(NC(=O)C(C)C(=O)N/N=C/c2cc(Br)ccc2O)cc1. The summed E-state index contributed by atoms with van der Waals surface area (Å²) in [6.07, 6.45) is 1.30. The smallest absolute Gasteiger partial charge is 0.252 e. The van der Waals surface area contributed by atoms with Gasteiger partial charge in [0.25, 0.3) is 5.91 Å². The van der Waals surface area contributed by atoms with E-state index in [1.165, 1.54) is 19.2 Å². The highest BCUT2D eigenvalue weighted by molar-refractivity contribution is 9.10. The molecular weight excluding hydrogens is 402 g/mol. The van der Waals surface area contributed by atoms with Crippen LogP contribution in [0.25, 0.3) is 0 Å². The van der Waals surface area contributed by atoms with Crippen LogP contribution in [0.3, 0.4) is 0 Å². The molecule has 8 heteroatoms. The van der Waals surface area contributed by atoms with E-state index in [-0.39, 0.29) is 5.75 Å². The molecular formula is C18H18BrN3O4. The summed E-state index contributed by atoms with van der Waals surface area (Å²) in [6.45, 7) is 1.47. The second-order valence-corrected chi connectivity index (χ2v) is 6.29. The van der Waals surface area contributed by atoms with Crippen LogP contribution in [0, 0.1) is 5.92 Å². The Labute approximate surface area is 159 Å². The second kappa shape index (κ2) is 9.00. The fraction of sp³-hybridized carbons (Fsp3) is 0.167. The summed E-state index contributed by atoms with van der Waals surface area (Å²) in [4.78, 5) is 24.2. The van der Waals surface area contributed by atoms with Crippen molar-refractivity contribution in [2.75, 3.05) is 12.4 Å². The topological polar surface area (TPSA) is 100 Å². The summed E-state index contributed by atoms with van der Waals surface area (Å²) in [5.74, 6) is -1.30. The molecule has 0 aliphatic heterocycles. The fourth-order valence-electron chi connectivity index (χ4n) is 1.93. The first kappa shape index (κ1) is 19.5. The zero-order valence-corrected chi connectivity index (χ0v) is 15.8. The first-order valence-corrected chi connectivity index (χ1v) is 8.46. The van der Waals surface area contributed by atoms with E-state index >= 15 is 0 Å². The lowest BCUT2D eigenvalue weighted by Gasteiger charge is -2.11. The molecule has 0 radical (unpaired) electrons. The minimum absolute atomic E-state index is 0.0245. The number of nitrogens with one attached hydrogen (secondary N) is 2. The second-order valence-electron chi connectivity index (χ2n) is 5.38. The van der Waals surface area contributed by atoms with Gasteiger partial charge >= 0.3 is 0 Å². The molecule has 0 heterocycles. The molecule has 136 valence electrons. The third kappa shape index (κ3) is 5.32. The average molecular weight is 420 g/mol. The Morgan fingerprint density at radius 1 is 1.19 bits per heavy atom. The van der Waals surface area contributed by atoms with Crippen molar-refractivity contribution in [3.05, 3.63) is 52.5 Å². The standard InChI is InChI=1S/C18H18BrN3O4/c1-11(17(24)21-14-4-6-15(26-2)7-5-14)18(25)22-20-10-12-9-13(19)3-8-16(12)23/h3-11,23H,1-2H3,(H,21,24)(H,22,25)/b20-10+. The van der Waals surface area contributed by atoms with E-state index in [1.807, 2.05) is 0 Å². The summed E-state index contributed by atoms with van der Waals surface area (Å²) in [6, 6.07) is 11.6. The first-order chi connectivity index (χ1) is 12.4. The average Bonchev–Trinajstić information content (AvgIpc) is 2.64. The summed E-state index contributed by atoms with van der Waals surface area (Å²) in [5, 5.41) is 16.1. The maximum atomic E-state index is 12.1. The highest BCUT2D eigenvalue weighted by atomic mass is 79.9. The normalized spacial score (nSPS) is 11.8. The molecule has 1 unspecified atom stereocenters. The zero-order valence-electron chi connectivity index (χ0n) is 14.2. The van der Waals surface area contributed by atoms with E-state index in [9.17, 15) is 14.7 Å². The van der Waals surface area contributed by atoms with Gasteiger partial charge in [-0.15, -0.1) is 0 Å². The van der Waals surface area contributed by atoms with E-state index < -0.39 is 17.7 Å². The van der Waals surface area contributed by atoms with Crippen LogP contribution < -0.4 is 15.5 Å². The van der Waals surface area contributed by atoms with Crippen LogP contribution in [0.4, 0.5) is 5.69 Å². The molecule has 2 amide bonds. The zero-order chi connectivity index (χ0) is 19.1. The van der Waals surface area contributed by atoms with Crippen molar-refractivity contribution >= 4 is 39.6 Å². The predicted octanol–water partition coefficient (Wildman–Crippen LogP) is 2.89. The number of halogens is 1. The van der Waals surface area contributed by atoms with Gasteiger partial charge in [-0.2, -0.15) is 5.10 Å². The number of rotatable bonds is 6. The number of phenols is 1. The van der Waals surface area contributed by atoms with Gasteiger partial charge in [0.05, 0.1) is 13.3 Å². The van der Waals surface area contributed by atoms with Crippen molar-refractivity contribution in [2.45, 2.75) is 6.92 Å². The van der Waals surface area contributed by atoms with E-state index in [0.29, 0.717) is 17.0 Å². The molecule has 0 aromatic heterocycles. The van der Waals surface area contributed by atoms with E-state index in [2.05, 4.69) is 31.8 Å². The van der Waals surface area contributed by atoms with Crippen LogP contribution in [-0.4, -0.2) is 30.2 Å². The molecule has 3 N–H and O–H groups in total. The highest BCUT2D eigenvalue weighted by Crippen LogP contribution is 2.20. The number of anilines is 1. The molecule has 0 saturated carbocycles. The molecule has 1 atom stereocenters. The van der Waals surface area contributed by atoms with Gasteiger partial charge in [-0.1, -0.05) is 15.9 Å². The van der Waals surface area contributed by atoms with Crippen LogP contribution in [-0.2, 0) is 9.59 Å². The van der Waals surface area contributed by atoms with Crippen LogP contribution in [0.2, 0.25) is 0 Å². The number of carbonyl (C=O) groups is 2. The molecule has 0 spiro atoms. The summed E-state index contributed by atoms with van der Waals surface area (Å²) in [7, 11) is 1.55.